The third kappa shape index (κ3) is 1.78. The van der Waals surface area contributed by atoms with E-state index in [4.69, 9.17) is 21.6 Å². The van der Waals surface area contributed by atoms with Crippen LogP contribution in [0.25, 0.3) is 0 Å². The molecular weight excluding hydrogens is 158 g/mol. The molecule has 3 unspecified atom stereocenters. The summed E-state index contributed by atoms with van der Waals surface area (Å²) in [5.74, 6) is 0. The van der Waals surface area contributed by atoms with Crippen molar-refractivity contribution in [3.05, 3.63) is 0 Å². The first-order valence-electron chi connectivity index (χ1n) is 2.99. The molecule has 1 saturated heterocycles. The van der Waals surface area contributed by atoms with Gasteiger partial charge in [-0.2, -0.15) is 0 Å². The van der Waals surface area contributed by atoms with Gasteiger partial charge in [0.05, 0.1) is 6.10 Å². The van der Waals surface area contributed by atoms with Crippen LogP contribution >= 0.6 is 19.7 Å². The Morgan fingerprint density at radius 1 is 1.56 bits per heavy atom. The van der Waals surface area contributed by atoms with Crippen LogP contribution in [-0.4, -0.2) is 27.4 Å². The molecule has 9 heavy (non-hydrogen) atoms. The summed E-state index contributed by atoms with van der Waals surface area (Å²) in [5, 5.41) is 8.69. The predicted molar refractivity (Wildman–Crippen MR) is 38.9 cm³/mol. The molecule has 0 aliphatic carbocycles. The van der Waals surface area contributed by atoms with Crippen LogP contribution < -0.4 is 0 Å². The van der Waals surface area contributed by atoms with Crippen LogP contribution in [0.5, 0.6) is 0 Å². The molecule has 1 aliphatic heterocycles. The molecule has 0 radical (unpaired) electrons. The maximum atomic E-state index is 9.12. The van der Waals surface area contributed by atoms with Gasteiger partial charge >= 0.3 is 0 Å². The predicted octanol–water partition coefficient (Wildman–Crippen LogP) is 1.10. The maximum absolute atomic E-state index is 9.12. The summed E-state index contributed by atoms with van der Waals surface area (Å²) in [6.45, 7) is 0. The van der Waals surface area contributed by atoms with Gasteiger partial charge in [-0.3, -0.25) is 0 Å². The second-order valence-electron chi connectivity index (χ2n) is 2.25. The lowest BCUT2D eigenvalue weighted by Gasteiger charge is -2.26. The van der Waals surface area contributed by atoms with Crippen molar-refractivity contribution in [2.45, 2.75) is 24.1 Å². The van der Waals surface area contributed by atoms with E-state index in [1.54, 1.807) is 0 Å². The largest absolute Gasteiger partial charge is 0.391 e. The fourth-order valence-electron chi connectivity index (χ4n) is 0.922. The van der Waals surface area contributed by atoms with Crippen LogP contribution in [-0.2, 0) is 0 Å². The van der Waals surface area contributed by atoms with Crippen LogP contribution in [0, 0.1) is 0 Å². The first kappa shape index (κ1) is 7.74. The van der Waals surface area contributed by atoms with Crippen molar-refractivity contribution >= 4 is 19.7 Å². The van der Waals surface area contributed by atoms with Crippen molar-refractivity contribution in [2.24, 2.45) is 0 Å². The Hall–Kier alpha value is 0.640. The van der Waals surface area contributed by atoms with Crippen molar-refractivity contribution < 1.29 is 10.00 Å². The SMILES string of the molecule is OC1CCCP(O)C1Cl. The molecule has 1 fully saturated rings. The van der Waals surface area contributed by atoms with Gasteiger partial charge in [0, 0.05) is 8.15 Å². The minimum Gasteiger partial charge on any atom is -0.391 e. The summed E-state index contributed by atoms with van der Waals surface area (Å²) >= 11 is 5.65. The van der Waals surface area contributed by atoms with Gasteiger partial charge in [0.1, 0.15) is 5.12 Å². The third-order valence-electron chi connectivity index (χ3n) is 1.49. The fourth-order valence-corrected chi connectivity index (χ4v) is 2.64. The average molecular weight is 169 g/mol. The molecule has 1 heterocycles. The maximum Gasteiger partial charge on any atom is 0.103 e. The van der Waals surface area contributed by atoms with Crippen LogP contribution in [0.15, 0.2) is 0 Å². The Balaban J connectivity index is 2.41. The molecule has 0 aromatic rings. The Labute approximate surface area is 60.7 Å². The number of halogens is 1. The van der Waals surface area contributed by atoms with Crippen molar-refractivity contribution in [1.29, 1.82) is 0 Å². The van der Waals surface area contributed by atoms with E-state index < -0.39 is 14.3 Å². The summed E-state index contributed by atoms with van der Waals surface area (Å²) in [6, 6.07) is 0. The molecule has 0 aromatic heterocycles. The van der Waals surface area contributed by atoms with Gasteiger partial charge in [-0.15, -0.1) is 11.6 Å². The highest BCUT2D eigenvalue weighted by atomic mass is 35.5. The molecule has 1 aliphatic rings. The van der Waals surface area contributed by atoms with Crippen LogP contribution in [0.1, 0.15) is 12.8 Å². The Bertz CT molecular complexity index is 91.0. The zero-order valence-electron chi connectivity index (χ0n) is 5.00. The number of aliphatic hydroxyl groups is 1. The third-order valence-corrected chi connectivity index (χ3v) is 4.14. The fraction of sp³-hybridized carbons (Fsp3) is 1.00. The van der Waals surface area contributed by atoms with Crippen molar-refractivity contribution in [3.63, 3.8) is 0 Å². The van der Waals surface area contributed by atoms with Gasteiger partial charge in [0.15, 0.2) is 0 Å². The Kier molecular flexibility index (Phi) is 2.72. The van der Waals surface area contributed by atoms with Crippen LogP contribution in [0.4, 0.5) is 0 Å². The molecule has 0 spiro atoms. The summed E-state index contributed by atoms with van der Waals surface area (Å²) in [7, 11) is -1.08. The summed E-state index contributed by atoms with van der Waals surface area (Å²) in [6.07, 6.45) is 1.97. The quantitative estimate of drug-likeness (QED) is 0.420. The van der Waals surface area contributed by atoms with Crippen molar-refractivity contribution in [3.8, 4) is 0 Å². The number of rotatable bonds is 0. The van der Waals surface area contributed by atoms with Crippen LogP contribution in [0.3, 0.4) is 0 Å². The highest BCUT2D eigenvalue weighted by Gasteiger charge is 2.28. The zero-order valence-corrected chi connectivity index (χ0v) is 6.65. The zero-order chi connectivity index (χ0) is 6.85. The van der Waals surface area contributed by atoms with Crippen LogP contribution in [0.2, 0.25) is 0 Å². The molecule has 2 nitrogen and oxygen atoms in total. The lowest BCUT2D eigenvalue weighted by Crippen LogP contribution is -2.24. The number of alkyl halides is 1. The smallest absolute Gasteiger partial charge is 0.103 e. The first-order valence-corrected chi connectivity index (χ1v) is 4.98. The van der Waals surface area contributed by atoms with E-state index in [-0.39, 0.29) is 5.12 Å². The highest BCUT2D eigenvalue weighted by Crippen LogP contribution is 2.46. The van der Waals surface area contributed by atoms with Gasteiger partial charge in [-0.25, -0.2) is 0 Å². The van der Waals surface area contributed by atoms with E-state index in [0.29, 0.717) is 0 Å². The number of aliphatic hydroxyl groups excluding tert-OH is 1. The van der Waals surface area contributed by atoms with Gasteiger partial charge in [-0.1, -0.05) is 0 Å². The van der Waals surface area contributed by atoms with Gasteiger partial charge in [0.2, 0.25) is 0 Å². The molecule has 4 heteroatoms. The van der Waals surface area contributed by atoms with E-state index in [2.05, 4.69) is 0 Å². The molecule has 2 N–H and O–H groups in total. The standard InChI is InChI=1S/C5H10ClO2P/c6-5-4(7)2-1-3-9(5)8/h4-5,7-8H,1-3H2. The molecule has 0 aromatic carbocycles. The second-order valence-corrected chi connectivity index (χ2v) is 4.90. The monoisotopic (exact) mass is 168 g/mol. The van der Waals surface area contributed by atoms with E-state index in [1.165, 1.54) is 0 Å². The Morgan fingerprint density at radius 2 is 2.22 bits per heavy atom. The topological polar surface area (TPSA) is 40.5 Å². The molecule has 3 atom stereocenters. The van der Waals surface area contributed by atoms with E-state index in [9.17, 15) is 0 Å². The Morgan fingerprint density at radius 3 is 2.67 bits per heavy atom. The van der Waals surface area contributed by atoms with Crippen molar-refractivity contribution in [2.75, 3.05) is 6.16 Å². The van der Waals surface area contributed by atoms with Gasteiger partial charge in [-0.05, 0) is 19.0 Å². The first-order chi connectivity index (χ1) is 4.22. The lowest BCUT2D eigenvalue weighted by molar-refractivity contribution is 0.170. The molecule has 0 saturated carbocycles. The summed E-state index contributed by atoms with van der Waals surface area (Å²) in [4.78, 5) is 9.12. The number of hydrogen-bond donors (Lipinski definition) is 2. The molecule has 0 bridgehead atoms. The summed E-state index contributed by atoms with van der Waals surface area (Å²) < 4.78 is 0. The lowest BCUT2D eigenvalue weighted by atomic mass is 10.2. The van der Waals surface area contributed by atoms with Gasteiger partial charge in [0.25, 0.3) is 0 Å². The normalized spacial score (nSPS) is 45.0. The van der Waals surface area contributed by atoms with E-state index in [1.807, 2.05) is 0 Å². The van der Waals surface area contributed by atoms with Crippen molar-refractivity contribution in [1.82, 2.24) is 0 Å². The highest BCUT2D eigenvalue weighted by molar-refractivity contribution is 7.54. The average Bonchev–Trinajstić information content (AvgIpc) is 1.83. The molecule has 0 amide bonds. The summed E-state index contributed by atoms with van der Waals surface area (Å²) in [5.41, 5.74) is 0. The van der Waals surface area contributed by atoms with Gasteiger partial charge < -0.3 is 10.00 Å². The van der Waals surface area contributed by atoms with E-state index in [0.717, 1.165) is 19.0 Å². The minimum absolute atomic E-state index is 0.381. The molecular formula is C5H10ClO2P. The minimum atomic E-state index is -1.08. The van der Waals surface area contributed by atoms with E-state index >= 15 is 0 Å². The number of hydrogen-bond acceptors (Lipinski definition) is 2. The second kappa shape index (κ2) is 3.16. The molecule has 1 rings (SSSR count). The molecule has 54 valence electrons.